The third kappa shape index (κ3) is 29.9. The van der Waals surface area contributed by atoms with Crippen molar-refractivity contribution in [2.45, 2.75) is 277 Å². The van der Waals surface area contributed by atoms with Gasteiger partial charge in [-0.2, -0.15) is 0 Å². The Morgan fingerprint density at radius 3 is 0.611 bits per heavy atom. The van der Waals surface area contributed by atoms with E-state index >= 15 is 0 Å². The zero-order valence-corrected chi connectivity index (χ0v) is 72.1. The van der Waals surface area contributed by atoms with Gasteiger partial charge in [0.1, 0.15) is 23.1 Å². The third-order valence-electron chi connectivity index (χ3n) is 22.0. The summed E-state index contributed by atoms with van der Waals surface area (Å²) in [6, 6.07) is -0.548. The smallest absolute Gasteiger partial charge is 0.327 e. The first kappa shape index (κ1) is 95.5. The van der Waals surface area contributed by atoms with E-state index in [1.54, 1.807) is 29.4 Å². The van der Waals surface area contributed by atoms with Crippen LogP contribution < -0.4 is 0 Å². The summed E-state index contributed by atoms with van der Waals surface area (Å²) in [5.74, 6) is -0.273. The van der Waals surface area contributed by atoms with Crippen LogP contribution in [0.2, 0.25) is 0 Å². The van der Waals surface area contributed by atoms with Crippen LogP contribution in [-0.2, 0) is 19.2 Å². The molecule has 0 aromatic heterocycles. The van der Waals surface area contributed by atoms with Gasteiger partial charge in [-0.05, 0) is 214 Å². The first-order chi connectivity index (χ1) is 50.1. The highest BCUT2D eigenvalue weighted by atomic mass is 32.1. The second-order valence-electron chi connectivity index (χ2n) is 35.5. The van der Waals surface area contributed by atoms with Gasteiger partial charge in [-0.15, -0.1) is 0 Å². The molecule has 6 heterocycles. The number of rotatable bonds is 45. The monoisotopic (exact) mass is 1590 g/mol. The number of aliphatic hydroxyl groups is 6. The van der Waals surface area contributed by atoms with E-state index in [4.69, 9.17) is 48.9 Å². The molecule has 0 bridgehead atoms. The number of hydrogen-bond donors (Lipinski definition) is 6. The Kier molecular flexibility index (Phi) is 37.4. The second-order valence-corrected chi connectivity index (χ2v) is 37.2. The predicted molar refractivity (Wildman–Crippen MR) is 438 cm³/mol. The van der Waals surface area contributed by atoms with Crippen molar-refractivity contribution in [1.29, 1.82) is 0 Å². The van der Waals surface area contributed by atoms with Crippen LogP contribution in [0.4, 0.5) is 19.2 Å². The lowest BCUT2D eigenvalue weighted by molar-refractivity contribution is -0.127. The van der Waals surface area contributed by atoms with Crippen LogP contribution in [0.5, 0.6) is 0 Å². The largest absolute Gasteiger partial charge is 0.393 e. The SMILES string of the molecule is CCN1CC(=O)N(CC(C)(C)CCC(O)CCC(O)CCC(C)(C)CN2C(=O)CN(CC)C2=O)C1=O.CCN1CC(=O)N(CC(C)(C)CCC(O)CCC(O)CCC(C)(C)CN2C(=O)CN(CC)C2=S)C1=S.CCN1CC(=S)N(CC(C)(C)CCC(O)CCC(O)CCC(C)(C)CN2C(=O)N(CC)CC2=S)C1=O. The third-order valence-corrected chi connectivity index (χ3v) is 23.7. The minimum Gasteiger partial charge on any atom is -0.393 e. The first-order valence-corrected chi connectivity index (χ1v) is 41.4. The highest BCUT2D eigenvalue weighted by Crippen LogP contribution is 2.35. The van der Waals surface area contributed by atoms with Crippen molar-refractivity contribution in [2.75, 3.05) is 118 Å². The molecule has 0 saturated carbocycles. The molecule has 6 rings (SSSR count). The number of carbonyl (C=O) groups is 8. The molecule has 108 heavy (non-hydrogen) atoms. The van der Waals surface area contributed by atoms with Gasteiger partial charge in [0.15, 0.2) is 10.2 Å². The molecular weight excluding hydrogens is 1460 g/mol. The standard InChI is InChI=1S/C26H46N4O6.2C26H46N4O4S2/c1-7-27-15-21(33)29(23(27)35)17-25(3,4)13-11-19(31)9-10-20(32)12-14-26(5,6)18-30-22(34)16-28(8-2)24(30)36;1-7-27-15-21(35)29(23(27)33)17-25(3,4)13-11-19(31)9-10-20(32)12-14-26(5,6)18-30-22(36)16-28(8-2)24(30)34;1-7-27-15-21(33)29(23(27)35)17-25(3,4)13-11-19(31)9-10-20(32)12-14-26(5,6)18-30-22(34)16-28(8-2)24(30)36/h3*19-20,31-32H,7-18H2,1-6H3. The Balaban J connectivity index is 0.000000342. The molecule has 618 valence electrons. The fourth-order valence-electron chi connectivity index (χ4n) is 14.4. The van der Waals surface area contributed by atoms with Crippen LogP contribution in [0.3, 0.4) is 0 Å². The average Bonchev–Trinajstić information content (AvgIpc) is 1.71. The molecule has 12 amide bonds. The van der Waals surface area contributed by atoms with Crippen LogP contribution >= 0.6 is 48.9 Å². The van der Waals surface area contributed by atoms with Crippen LogP contribution in [0, 0.1) is 32.5 Å². The predicted octanol–water partition coefficient (Wildman–Crippen LogP) is 9.94. The summed E-state index contributed by atoms with van der Waals surface area (Å²) in [5, 5.41) is 64.3. The summed E-state index contributed by atoms with van der Waals surface area (Å²) in [6.45, 7) is 44.8. The van der Waals surface area contributed by atoms with Gasteiger partial charge < -0.3 is 60.0 Å². The van der Waals surface area contributed by atoms with E-state index in [0.717, 1.165) is 38.8 Å². The molecular formula is C78H138N12O14S4. The zero-order chi connectivity index (χ0) is 81.8. The molecule has 0 radical (unpaired) electrons. The molecule has 0 spiro atoms. The van der Waals surface area contributed by atoms with E-state index < -0.39 is 36.6 Å². The van der Waals surface area contributed by atoms with Gasteiger partial charge >= 0.3 is 24.1 Å². The summed E-state index contributed by atoms with van der Waals surface area (Å²) >= 11 is 21.7. The van der Waals surface area contributed by atoms with Crippen molar-refractivity contribution < 1.29 is 69.0 Å². The number of nitrogens with zero attached hydrogens (tertiary/aromatic N) is 12. The van der Waals surface area contributed by atoms with Crippen molar-refractivity contribution in [3.8, 4) is 0 Å². The molecule has 6 N–H and O–H groups in total. The van der Waals surface area contributed by atoms with Gasteiger partial charge in [0.25, 0.3) is 0 Å². The van der Waals surface area contributed by atoms with Crippen LogP contribution in [0.25, 0.3) is 0 Å². The molecule has 26 nitrogen and oxygen atoms in total. The molecule has 6 saturated heterocycles. The van der Waals surface area contributed by atoms with E-state index in [2.05, 4.69) is 55.4 Å². The van der Waals surface area contributed by atoms with Crippen molar-refractivity contribution >= 4 is 117 Å². The maximum atomic E-state index is 12.5. The molecule has 6 aliphatic rings. The number of aliphatic hydroxyl groups excluding tert-OH is 6. The van der Waals surface area contributed by atoms with Crippen LogP contribution in [0.1, 0.15) is 240 Å². The lowest BCUT2D eigenvalue weighted by Crippen LogP contribution is -2.40. The van der Waals surface area contributed by atoms with E-state index in [9.17, 15) is 69.0 Å². The van der Waals surface area contributed by atoms with Crippen LogP contribution in [0.15, 0.2) is 0 Å². The molecule has 0 aliphatic carbocycles. The highest BCUT2D eigenvalue weighted by molar-refractivity contribution is 7.81. The molecule has 6 aliphatic heterocycles. The van der Waals surface area contributed by atoms with E-state index in [-0.39, 0.29) is 93.3 Å². The Bertz CT molecular complexity index is 2570. The number of amides is 12. The maximum absolute atomic E-state index is 12.5. The molecule has 0 aromatic rings. The molecule has 6 fully saturated rings. The number of likely N-dealkylation sites (N-methyl/N-ethyl adjacent to an activating group) is 6. The van der Waals surface area contributed by atoms with Gasteiger partial charge in [0.05, 0.1) is 62.8 Å². The molecule has 0 aromatic carbocycles. The van der Waals surface area contributed by atoms with Crippen molar-refractivity contribution in [3.05, 3.63) is 0 Å². The number of imide groups is 2. The number of urea groups is 4. The summed E-state index contributed by atoms with van der Waals surface area (Å²) in [6.07, 6.45) is 7.68. The Hall–Kier alpha value is -4.92. The van der Waals surface area contributed by atoms with Gasteiger partial charge in [-0.25, -0.2) is 19.2 Å². The van der Waals surface area contributed by atoms with Crippen molar-refractivity contribution in [3.63, 3.8) is 0 Å². The topological polar surface area (TPSA) is 297 Å². The Morgan fingerprint density at radius 1 is 0.259 bits per heavy atom. The van der Waals surface area contributed by atoms with Gasteiger partial charge in [-0.3, -0.25) is 48.6 Å². The quantitative estimate of drug-likeness (QED) is 0.0244. The summed E-state index contributed by atoms with van der Waals surface area (Å²) in [4.78, 5) is 120. The van der Waals surface area contributed by atoms with E-state index in [0.29, 0.717) is 202 Å². The lowest BCUT2D eigenvalue weighted by atomic mass is 9.84. The molecule has 6 atom stereocenters. The number of carbonyl (C=O) groups excluding carboxylic acids is 8. The van der Waals surface area contributed by atoms with Crippen molar-refractivity contribution in [2.24, 2.45) is 32.5 Å². The Labute approximate surface area is 667 Å². The highest BCUT2D eigenvalue weighted by Gasteiger charge is 2.43. The average molecular weight is 1600 g/mol. The van der Waals surface area contributed by atoms with E-state index in [1.165, 1.54) is 19.6 Å². The number of thiocarbonyl (C=S) groups is 4. The minimum absolute atomic E-state index is 0.0271. The van der Waals surface area contributed by atoms with E-state index in [1.807, 2.05) is 79.0 Å². The van der Waals surface area contributed by atoms with Gasteiger partial charge in [0, 0.05) is 78.5 Å². The first-order valence-electron chi connectivity index (χ1n) is 39.7. The van der Waals surface area contributed by atoms with Crippen molar-refractivity contribution in [1.82, 2.24) is 58.8 Å². The normalized spacial score (nSPS) is 19.2. The second kappa shape index (κ2) is 42.3. The van der Waals surface area contributed by atoms with Gasteiger partial charge in [0.2, 0.25) is 23.6 Å². The lowest BCUT2D eigenvalue weighted by Gasteiger charge is -2.31. The summed E-state index contributed by atoms with van der Waals surface area (Å²) in [7, 11) is 0. The van der Waals surface area contributed by atoms with Crippen LogP contribution in [-0.4, -0.2) is 312 Å². The Morgan fingerprint density at radius 2 is 0.426 bits per heavy atom. The summed E-state index contributed by atoms with van der Waals surface area (Å²) < 4.78 is 0. The fraction of sp³-hybridized carbons (Fsp3) is 0.846. The minimum atomic E-state index is -0.580. The molecule has 6 unspecified atom stereocenters. The fourth-order valence-corrected chi connectivity index (χ4v) is 15.7. The number of hydrogen-bond acceptors (Lipinski definition) is 18. The van der Waals surface area contributed by atoms with Gasteiger partial charge in [-0.1, -0.05) is 108 Å². The maximum Gasteiger partial charge on any atom is 0.327 e. The zero-order valence-electron chi connectivity index (χ0n) is 68.9. The molecule has 30 heteroatoms. The summed E-state index contributed by atoms with van der Waals surface area (Å²) in [5.41, 5.74) is -1.34.